The fourth-order valence-electron chi connectivity index (χ4n) is 4.16. The molecule has 4 rings (SSSR count). The van der Waals surface area contributed by atoms with Crippen LogP contribution in [0.15, 0.2) is 36.7 Å². The number of sulfonamides is 1. The van der Waals surface area contributed by atoms with Crippen molar-refractivity contribution in [2.75, 3.05) is 18.0 Å². The van der Waals surface area contributed by atoms with Gasteiger partial charge in [-0.2, -0.15) is 4.31 Å². The molecule has 2 N–H and O–H groups in total. The second kappa shape index (κ2) is 8.93. The molecule has 8 nitrogen and oxygen atoms in total. The summed E-state index contributed by atoms with van der Waals surface area (Å²) in [6, 6.07) is 8.10. The van der Waals surface area contributed by atoms with E-state index in [1.54, 1.807) is 17.9 Å². The fraction of sp³-hybridized carbons (Fsp3) is 0.381. The topological polar surface area (TPSA) is 109 Å². The van der Waals surface area contributed by atoms with Crippen LogP contribution in [-0.2, 0) is 27.8 Å². The van der Waals surface area contributed by atoms with Gasteiger partial charge in [-0.15, -0.1) is 11.3 Å². The normalized spacial score (nSPS) is 20.2. The van der Waals surface area contributed by atoms with Crippen molar-refractivity contribution in [3.63, 3.8) is 0 Å². The van der Waals surface area contributed by atoms with Crippen molar-refractivity contribution in [3.05, 3.63) is 51.4 Å². The van der Waals surface area contributed by atoms with Gasteiger partial charge in [-0.25, -0.2) is 18.4 Å². The Labute approximate surface area is 196 Å². The van der Waals surface area contributed by atoms with E-state index in [1.807, 2.05) is 31.2 Å². The Morgan fingerprint density at radius 2 is 2.00 bits per heavy atom. The minimum atomic E-state index is -3.61. The molecule has 2 aromatic heterocycles. The third-order valence-electron chi connectivity index (χ3n) is 5.63. The first kappa shape index (κ1) is 22.9. The maximum absolute atomic E-state index is 13.1. The number of nitrogens with zero attached hydrogens (tertiary/aromatic N) is 4. The monoisotopic (exact) mass is 493 g/mol. The van der Waals surface area contributed by atoms with Crippen LogP contribution < -0.4 is 5.73 Å². The molecule has 1 aromatic carbocycles. The number of carbonyl (C=O) groups excluding carboxylic acids is 1. The zero-order valence-corrected chi connectivity index (χ0v) is 20.1. The Kier molecular flexibility index (Phi) is 6.39. The molecule has 1 fully saturated rings. The molecule has 0 aliphatic carbocycles. The van der Waals surface area contributed by atoms with E-state index in [0.717, 1.165) is 15.8 Å². The maximum Gasteiger partial charge on any atom is 0.241 e. The number of hydrogen-bond donors (Lipinski definition) is 1. The maximum atomic E-state index is 13.1. The number of hydrogen-bond acceptors (Lipinski definition) is 7. The van der Waals surface area contributed by atoms with Crippen LogP contribution in [0.4, 0.5) is 5.82 Å². The molecule has 0 saturated carbocycles. The Morgan fingerprint density at radius 1 is 1.22 bits per heavy atom. The molecular formula is C21H24ClN5O3S2. The highest BCUT2D eigenvalue weighted by Crippen LogP contribution is 2.26. The van der Waals surface area contributed by atoms with Crippen molar-refractivity contribution >= 4 is 55.6 Å². The standard InChI is InChI=1S/C21H24ClN5O3S2/c1-13-10-26(11-15-3-5-17-18(9-15)24-12-25-20(17)23)21(28)14(2)27(13)32(29,30)8-7-16-4-6-19(22)31-16/h3-6,9,12-14H,7-8,10-11H2,1-2H3,(H2,23,24,25)/t13-,14+/m1/s1. The minimum absolute atomic E-state index is 0.0579. The van der Waals surface area contributed by atoms with Gasteiger partial charge in [0.25, 0.3) is 0 Å². The van der Waals surface area contributed by atoms with Crippen LogP contribution in [0.25, 0.3) is 10.9 Å². The number of carbonyl (C=O) groups is 1. The van der Waals surface area contributed by atoms with E-state index in [2.05, 4.69) is 9.97 Å². The molecule has 1 aliphatic heterocycles. The Balaban J connectivity index is 1.48. The highest BCUT2D eigenvalue weighted by atomic mass is 35.5. The number of halogens is 1. The smallest absolute Gasteiger partial charge is 0.241 e. The predicted molar refractivity (Wildman–Crippen MR) is 127 cm³/mol. The first-order valence-electron chi connectivity index (χ1n) is 10.2. The Hall–Kier alpha value is -2.27. The number of benzene rings is 1. The summed E-state index contributed by atoms with van der Waals surface area (Å²) < 4.78 is 28.1. The average Bonchev–Trinajstić information content (AvgIpc) is 3.16. The highest BCUT2D eigenvalue weighted by molar-refractivity contribution is 7.89. The summed E-state index contributed by atoms with van der Waals surface area (Å²) in [6.07, 6.45) is 1.78. The summed E-state index contributed by atoms with van der Waals surface area (Å²) in [6.45, 7) is 4.18. The number of nitrogens with two attached hydrogens (primary N) is 1. The first-order chi connectivity index (χ1) is 15.2. The Bertz CT molecular complexity index is 1260. The van der Waals surface area contributed by atoms with Gasteiger partial charge >= 0.3 is 0 Å². The number of piperazine rings is 1. The number of anilines is 1. The predicted octanol–water partition coefficient (Wildman–Crippen LogP) is 2.92. The number of nitrogen functional groups attached to an aromatic ring is 1. The van der Waals surface area contributed by atoms with Crippen molar-refractivity contribution in [3.8, 4) is 0 Å². The second-order valence-corrected chi connectivity index (χ2v) is 11.7. The molecule has 1 aliphatic rings. The molecular weight excluding hydrogens is 470 g/mol. The lowest BCUT2D eigenvalue weighted by Gasteiger charge is -2.42. The van der Waals surface area contributed by atoms with Crippen LogP contribution in [-0.4, -0.2) is 57.9 Å². The molecule has 0 spiro atoms. The van der Waals surface area contributed by atoms with Gasteiger partial charge in [0.1, 0.15) is 18.2 Å². The fourth-order valence-corrected chi connectivity index (χ4v) is 7.26. The lowest BCUT2D eigenvalue weighted by atomic mass is 10.1. The van der Waals surface area contributed by atoms with E-state index < -0.39 is 16.1 Å². The van der Waals surface area contributed by atoms with Crippen LogP contribution in [0.2, 0.25) is 4.34 Å². The zero-order valence-electron chi connectivity index (χ0n) is 17.7. The summed E-state index contributed by atoms with van der Waals surface area (Å²) in [7, 11) is -3.61. The number of amides is 1. The lowest BCUT2D eigenvalue weighted by molar-refractivity contribution is -0.140. The average molecular weight is 494 g/mol. The van der Waals surface area contributed by atoms with Crippen molar-refractivity contribution in [2.45, 2.75) is 38.9 Å². The number of fused-ring (bicyclic) bond motifs is 1. The molecule has 0 radical (unpaired) electrons. The van der Waals surface area contributed by atoms with Gasteiger partial charge in [-0.05, 0) is 50.1 Å². The largest absolute Gasteiger partial charge is 0.383 e. The molecule has 170 valence electrons. The molecule has 2 atom stereocenters. The molecule has 1 amide bonds. The van der Waals surface area contributed by atoms with Crippen LogP contribution in [0.1, 0.15) is 24.3 Å². The van der Waals surface area contributed by atoms with E-state index in [1.165, 1.54) is 22.0 Å². The van der Waals surface area contributed by atoms with E-state index >= 15 is 0 Å². The molecule has 0 bridgehead atoms. The second-order valence-electron chi connectivity index (χ2n) is 7.96. The van der Waals surface area contributed by atoms with Crippen molar-refractivity contribution in [2.24, 2.45) is 0 Å². The number of aryl methyl sites for hydroxylation is 1. The summed E-state index contributed by atoms with van der Waals surface area (Å²) in [5.41, 5.74) is 7.49. The van der Waals surface area contributed by atoms with E-state index in [0.29, 0.717) is 35.2 Å². The number of rotatable bonds is 6. The Morgan fingerprint density at radius 3 is 2.72 bits per heavy atom. The van der Waals surface area contributed by atoms with Crippen LogP contribution in [0, 0.1) is 0 Å². The number of thiophene rings is 1. The molecule has 3 aromatic rings. The van der Waals surface area contributed by atoms with Gasteiger partial charge in [0.05, 0.1) is 15.6 Å². The molecule has 0 unspecified atom stereocenters. The third kappa shape index (κ3) is 4.59. The van der Waals surface area contributed by atoms with Crippen molar-refractivity contribution < 1.29 is 13.2 Å². The van der Waals surface area contributed by atoms with Gasteiger partial charge in [0, 0.05) is 29.4 Å². The zero-order chi connectivity index (χ0) is 23.0. The van der Waals surface area contributed by atoms with Crippen molar-refractivity contribution in [1.82, 2.24) is 19.2 Å². The molecule has 32 heavy (non-hydrogen) atoms. The molecule has 1 saturated heterocycles. The minimum Gasteiger partial charge on any atom is -0.383 e. The molecule has 3 heterocycles. The number of aromatic nitrogens is 2. The lowest BCUT2D eigenvalue weighted by Crippen LogP contribution is -2.61. The van der Waals surface area contributed by atoms with Crippen LogP contribution >= 0.6 is 22.9 Å². The quantitative estimate of drug-likeness (QED) is 0.565. The van der Waals surface area contributed by atoms with Gasteiger partial charge in [-0.1, -0.05) is 17.7 Å². The summed E-state index contributed by atoms with van der Waals surface area (Å²) >= 11 is 7.31. The van der Waals surface area contributed by atoms with E-state index in [4.69, 9.17) is 17.3 Å². The van der Waals surface area contributed by atoms with E-state index in [9.17, 15) is 13.2 Å². The van der Waals surface area contributed by atoms with Crippen LogP contribution in [0.3, 0.4) is 0 Å². The van der Waals surface area contributed by atoms with Gasteiger partial charge < -0.3 is 10.6 Å². The van der Waals surface area contributed by atoms with E-state index in [-0.39, 0.29) is 17.7 Å². The third-order valence-corrected chi connectivity index (χ3v) is 8.96. The van der Waals surface area contributed by atoms with Crippen LogP contribution in [0.5, 0.6) is 0 Å². The van der Waals surface area contributed by atoms with Gasteiger partial charge in [0.2, 0.25) is 15.9 Å². The highest BCUT2D eigenvalue weighted by Gasteiger charge is 2.42. The summed E-state index contributed by atoms with van der Waals surface area (Å²) in [4.78, 5) is 23.9. The summed E-state index contributed by atoms with van der Waals surface area (Å²) in [5.74, 6) is 0.133. The van der Waals surface area contributed by atoms with Crippen molar-refractivity contribution in [1.29, 1.82) is 0 Å². The first-order valence-corrected chi connectivity index (χ1v) is 13.0. The van der Waals surface area contributed by atoms with Gasteiger partial charge in [0.15, 0.2) is 0 Å². The van der Waals surface area contributed by atoms with Gasteiger partial charge in [-0.3, -0.25) is 4.79 Å². The molecule has 11 heteroatoms. The summed E-state index contributed by atoms with van der Waals surface area (Å²) in [5, 5.41) is 0.757. The SMILES string of the molecule is C[C@@H]1CN(Cc2ccc3c(N)ncnc3c2)C(=O)[C@H](C)N1S(=O)(=O)CCc1ccc(Cl)s1.